The molecule has 3 aromatic heterocycles. The Kier molecular flexibility index (Phi) is 5.40. The van der Waals surface area contributed by atoms with E-state index in [1.165, 1.54) is 0 Å². The third-order valence-electron chi connectivity index (χ3n) is 4.36. The Hall–Kier alpha value is -2.68. The second-order valence-electron chi connectivity index (χ2n) is 6.59. The molecule has 0 aliphatic carbocycles. The number of nitrogens with zero attached hydrogens (tertiary/aromatic N) is 5. The molecule has 0 radical (unpaired) electrons. The van der Waals surface area contributed by atoms with Gasteiger partial charge in [-0.05, 0) is 19.4 Å². The molecular formula is C19H18Cl2N6O2. The molecule has 4 rings (SSSR count). The van der Waals surface area contributed by atoms with Crippen molar-refractivity contribution in [2.75, 3.05) is 6.61 Å². The second-order valence-corrected chi connectivity index (χ2v) is 7.40. The summed E-state index contributed by atoms with van der Waals surface area (Å²) in [5, 5.41) is 4.78. The summed E-state index contributed by atoms with van der Waals surface area (Å²) in [6.45, 7) is 4.24. The van der Waals surface area contributed by atoms with Crippen LogP contribution in [0.5, 0.6) is 5.75 Å². The fourth-order valence-corrected chi connectivity index (χ4v) is 3.12. The van der Waals surface area contributed by atoms with Gasteiger partial charge in [0.05, 0.1) is 21.9 Å². The lowest BCUT2D eigenvalue weighted by atomic mass is 10.2. The van der Waals surface area contributed by atoms with Gasteiger partial charge in [0.15, 0.2) is 5.65 Å². The molecule has 0 amide bonds. The van der Waals surface area contributed by atoms with Crippen molar-refractivity contribution in [2.24, 2.45) is 5.73 Å². The van der Waals surface area contributed by atoms with Crippen LogP contribution in [0.3, 0.4) is 0 Å². The topological polar surface area (TPSA) is 104 Å². The number of halogens is 2. The van der Waals surface area contributed by atoms with Gasteiger partial charge in [0.2, 0.25) is 5.82 Å². The van der Waals surface area contributed by atoms with Crippen LogP contribution in [0.2, 0.25) is 10.0 Å². The average molecular weight is 433 g/mol. The first-order valence-electron chi connectivity index (χ1n) is 8.97. The molecule has 8 nitrogen and oxygen atoms in total. The predicted octanol–water partition coefficient (Wildman–Crippen LogP) is 4.18. The maximum absolute atomic E-state index is 6.40. The van der Waals surface area contributed by atoms with E-state index in [1.807, 2.05) is 24.4 Å². The molecular weight excluding hydrogens is 415 g/mol. The van der Waals surface area contributed by atoms with E-state index in [-0.39, 0.29) is 11.9 Å². The van der Waals surface area contributed by atoms with Crippen molar-refractivity contribution in [1.82, 2.24) is 24.5 Å². The van der Waals surface area contributed by atoms with Crippen LogP contribution in [0, 0.1) is 6.92 Å². The van der Waals surface area contributed by atoms with E-state index >= 15 is 0 Å². The maximum atomic E-state index is 6.40. The molecule has 0 unspecified atom stereocenters. The molecule has 0 saturated heterocycles. The monoisotopic (exact) mass is 432 g/mol. The lowest BCUT2D eigenvalue weighted by molar-refractivity contribution is 0.285. The van der Waals surface area contributed by atoms with Gasteiger partial charge >= 0.3 is 0 Å². The molecule has 0 bridgehead atoms. The first kappa shape index (κ1) is 19.6. The van der Waals surface area contributed by atoms with Crippen LogP contribution in [0.4, 0.5) is 0 Å². The molecule has 0 spiro atoms. The van der Waals surface area contributed by atoms with Gasteiger partial charge in [-0.15, -0.1) is 0 Å². The Labute approximate surface area is 176 Å². The zero-order valence-electron chi connectivity index (χ0n) is 15.8. The van der Waals surface area contributed by atoms with Gasteiger partial charge < -0.3 is 19.4 Å². The summed E-state index contributed by atoms with van der Waals surface area (Å²) in [7, 11) is 0. The van der Waals surface area contributed by atoms with Crippen LogP contribution in [0.25, 0.3) is 28.6 Å². The van der Waals surface area contributed by atoms with Gasteiger partial charge in [-0.3, -0.25) is 4.98 Å². The minimum absolute atomic E-state index is 0.0753. The molecule has 0 saturated carbocycles. The standard InChI is InChI=1S/C19H18Cl2N6O2/c1-3-11(22)9-28-16-5-13(20)12(4-14(16)21)18-25-19(29-26-18)15-8-27-7-10(2)23-6-17(27)24-15/h4-8,11H,3,9,22H2,1-2H3/t11-/m1/s1. The van der Waals surface area contributed by atoms with Crippen LogP contribution in [0.15, 0.2) is 35.2 Å². The number of benzene rings is 1. The SMILES string of the molecule is CC[C@@H](N)COc1cc(Cl)c(-c2noc(-c3cn4cc(C)ncc4n3)n2)cc1Cl. The number of nitrogens with two attached hydrogens (primary N) is 1. The summed E-state index contributed by atoms with van der Waals surface area (Å²) in [6, 6.07) is 3.19. The Morgan fingerprint density at radius 3 is 2.83 bits per heavy atom. The highest BCUT2D eigenvalue weighted by molar-refractivity contribution is 6.36. The van der Waals surface area contributed by atoms with Gasteiger partial charge in [-0.2, -0.15) is 4.98 Å². The van der Waals surface area contributed by atoms with Gasteiger partial charge in [0.25, 0.3) is 5.89 Å². The highest BCUT2D eigenvalue weighted by Crippen LogP contribution is 2.36. The molecule has 2 N–H and O–H groups in total. The van der Waals surface area contributed by atoms with E-state index in [9.17, 15) is 0 Å². The average Bonchev–Trinajstić information content (AvgIpc) is 3.34. The van der Waals surface area contributed by atoms with Crippen molar-refractivity contribution < 1.29 is 9.26 Å². The van der Waals surface area contributed by atoms with E-state index in [0.717, 1.165) is 12.1 Å². The highest BCUT2D eigenvalue weighted by atomic mass is 35.5. The minimum Gasteiger partial charge on any atom is -0.490 e. The van der Waals surface area contributed by atoms with E-state index in [2.05, 4.69) is 20.1 Å². The molecule has 3 heterocycles. The van der Waals surface area contributed by atoms with E-state index < -0.39 is 0 Å². The summed E-state index contributed by atoms with van der Waals surface area (Å²) >= 11 is 12.7. The summed E-state index contributed by atoms with van der Waals surface area (Å²) < 4.78 is 12.9. The van der Waals surface area contributed by atoms with Crippen molar-refractivity contribution >= 4 is 28.8 Å². The normalized spacial score (nSPS) is 12.4. The van der Waals surface area contributed by atoms with Crippen molar-refractivity contribution in [3.05, 3.63) is 46.5 Å². The van der Waals surface area contributed by atoms with Gasteiger partial charge in [-0.25, -0.2) is 4.98 Å². The molecule has 29 heavy (non-hydrogen) atoms. The molecule has 1 atom stereocenters. The van der Waals surface area contributed by atoms with Crippen molar-refractivity contribution in [2.45, 2.75) is 26.3 Å². The van der Waals surface area contributed by atoms with E-state index in [0.29, 0.717) is 45.1 Å². The van der Waals surface area contributed by atoms with Crippen molar-refractivity contribution in [3.8, 4) is 28.7 Å². The molecule has 10 heteroatoms. The molecule has 0 aliphatic heterocycles. The molecule has 0 aliphatic rings. The number of hydrogen-bond acceptors (Lipinski definition) is 7. The van der Waals surface area contributed by atoms with Gasteiger partial charge in [0.1, 0.15) is 18.1 Å². The Morgan fingerprint density at radius 2 is 2.03 bits per heavy atom. The number of aryl methyl sites for hydroxylation is 1. The number of hydrogen-bond donors (Lipinski definition) is 1. The van der Waals surface area contributed by atoms with Crippen LogP contribution in [-0.4, -0.2) is 37.2 Å². The summed E-state index contributed by atoms with van der Waals surface area (Å²) in [6.07, 6.45) is 6.14. The molecule has 150 valence electrons. The smallest absolute Gasteiger partial charge is 0.278 e. The number of ether oxygens (including phenoxy) is 1. The largest absolute Gasteiger partial charge is 0.490 e. The first-order valence-corrected chi connectivity index (χ1v) is 9.73. The predicted molar refractivity (Wildman–Crippen MR) is 110 cm³/mol. The van der Waals surface area contributed by atoms with E-state index in [1.54, 1.807) is 24.5 Å². The fourth-order valence-electron chi connectivity index (χ4n) is 2.67. The van der Waals surface area contributed by atoms with Crippen LogP contribution >= 0.6 is 23.2 Å². The molecule has 0 fully saturated rings. The first-order chi connectivity index (χ1) is 13.9. The Bertz CT molecular complexity index is 1170. The van der Waals surface area contributed by atoms with Crippen LogP contribution in [0.1, 0.15) is 19.0 Å². The lowest BCUT2D eigenvalue weighted by Gasteiger charge is -2.13. The van der Waals surface area contributed by atoms with E-state index in [4.69, 9.17) is 38.2 Å². The third kappa shape index (κ3) is 4.05. The number of rotatable bonds is 6. The number of fused-ring (bicyclic) bond motifs is 1. The maximum Gasteiger partial charge on any atom is 0.278 e. The van der Waals surface area contributed by atoms with Crippen LogP contribution < -0.4 is 10.5 Å². The minimum atomic E-state index is -0.0753. The number of aromatic nitrogens is 5. The number of imidazole rings is 1. The Morgan fingerprint density at radius 1 is 1.21 bits per heavy atom. The molecule has 4 aromatic rings. The summed E-state index contributed by atoms with van der Waals surface area (Å²) in [5.41, 5.74) is 8.49. The highest BCUT2D eigenvalue weighted by Gasteiger charge is 2.18. The lowest BCUT2D eigenvalue weighted by Crippen LogP contribution is -2.26. The van der Waals surface area contributed by atoms with Crippen molar-refractivity contribution in [1.29, 1.82) is 0 Å². The molecule has 1 aromatic carbocycles. The summed E-state index contributed by atoms with van der Waals surface area (Å²) in [5.74, 6) is 1.02. The van der Waals surface area contributed by atoms with Crippen molar-refractivity contribution in [3.63, 3.8) is 0 Å². The zero-order valence-corrected chi connectivity index (χ0v) is 17.3. The van der Waals surface area contributed by atoms with Crippen LogP contribution in [-0.2, 0) is 0 Å². The Balaban J connectivity index is 1.62. The quantitative estimate of drug-likeness (QED) is 0.487. The van der Waals surface area contributed by atoms with Gasteiger partial charge in [0, 0.05) is 30.1 Å². The third-order valence-corrected chi connectivity index (χ3v) is 4.96. The fraction of sp³-hybridized carbons (Fsp3) is 0.263. The van der Waals surface area contributed by atoms with Gasteiger partial charge in [-0.1, -0.05) is 35.3 Å². The second kappa shape index (κ2) is 7.98. The zero-order chi connectivity index (χ0) is 20.5. The summed E-state index contributed by atoms with van der Waals surface area (Å²) in [4.78, 5) is 13.1.